The van der Waals surface area contributed by atoms with E-state index in [9.17, 15) is 0 Å². The summed E-state index contributed by atoms with van der Waals surface area (Å²) < 4.78 is 0.0431. The van der Waals surface area contributed by atoms with Gasteiger partial charge in [-0.2, -0.15) is 0 Å². The molecule has 6 aromatic carbocycles. The van der Waals surface area contributed by atoms with Crippen molar-refractivity contribution in [2.75, 3.05) is 0 Å². The zero-order valence-corrected chi connectivity index (χ0v) is 37.4. The fourth-order valence-corrected chi connectivity index (χ4v) is 42.9. The van der Waals surface area contributed by atoms with Crippen molar-refractivity contribution in [2.24, 2.45) is 0 Å². The van der Waals surface area contributed by atoms with Crippen LogP contribution < -0.4 is 0 Å². The summed E-state index contributed by atoms with van der Waals surface area (Å²) in [6, 6.07) is 49.1. The molecule has 0 aliphatic heterocycles. The van der Waals surface area contributed by atoms with Crippen LogP contribution in [-0.2, 0) is 28.4 Å². The summed E-state index contributed by atoms with van der Waals surface area (Å²) in [7, 11) is 17.5. The van der Waals surface area contributed by atoms with Gasteiger partial charge in [0.05, 0.1) is 0 Å². The first-order valence-corrected chi connectivity index (χ1v) is 35.9. The van der Waals surface area contributed by atoms with Crippen LogP contribution in [0.5, 0.6) is 0 Å². The van der Waals surface area contributed by atoms with E-state index in [1.807, 2.05) is 0 Å². The summed E-state index contributed by atoms with van der Waals surface area (Å²) >= 11 is -4.95. The van der Waals surface area contributed by atoms with Crippen LogP contribution in [0.2, 0.25) is 13.1 Å². The van der Waals surface area contributed by atoms with Crippen molar-refractivity contribution in [1.82, 2.24) is 0 Å². The van der Waals surface area contributed by atoms with Crippen LogP contribution in [0.25, 0.3) is 56.7 Å². The number of aryl methyl sites for hydroxylation is 2. The second-order valence-electron chi connectivity index (χ2n) is 15.8. The summed E-state index contributed by atoms with van der Waals surface area (Å²) in [5.41, 5.74) is 20.8. The van der Waals surface area contributed by atoms with E-state index in [2.05, 4.69) is 186 Å². The van der Waals surface area contributed by atoms with E-state index in [1.165, 1.54) is 89.0 Å². The van der Waals surface area contributed by atoms with Crippen LogP contribution in [0.15, 0.2) is 145 Å². The van der Waals surface area contributed by atoms with Gasteiger partial charge in [-0.05, 0) is 0 Å². The fourth-order valence-electron chi connectivity index (χ4n) is 9.94. The molecule has 271 valence electrons. The number of rotatable bonds is 9. The third-order valence-corrected chi connectivity index (χ3v) is 64.8. The van der Waals surface area contributed by atoms with Crippen LogP contribution in [-0.4, -0.2) is 5.92 Å². The molecule has 8 rings (SSSR count). The molecule has 2 aliphatic carbocycles. The van der Waals surface area contributed by atoms with Crippen LogP contribution >= 0.6 is 17.0 Å². The third-order valence-electron chi connectivity index (χ3n) is 12.5. The molecule has 0 radical (unpaired) electrons. The van der Waals surface area contributed by atoms with Crippen LogP contribution in [0.4, 0.5) is 0 Å². The second-order valence-corrected chi connectivity index (χ2v) is 58.3. The predicted octanol–water partition coefficient (Wildman–Crippen LogP) is 15.1. The van der Waals surface area contributed by atoms with Gasteiger partial charge in [-0.3, -0.25) is 0 Å². The Labute approximate surface area is 331 Å². The molecule has 54 heavy (non-hydrogen) atoms. The Morgan fingerprint density at radius 3 is 1.22 bits per heavy atom. The van der Waals surface area contributed by atoms with Crippen molar-refractivity contribution < 1.29 is 15.6 Å². The van der Waals surface area contributed by atoms with E-state index < -0.39 is 21.5 Å². The molecule has 0 spiro atoms. The molecule has 0 bridgehead atoms. The van der Waals surface area contributed by atoms with Gasteiger partial charge in [-0.15, -0.1) is 0 Å². The zero-order chi connectivity index (χ0) is 37.8. The Bertz CT molecular complexity index is 2290. The molecule has 0 fully saturated rings. The minimum atomic E-state index is -4.95. The van der Waals surface area contributed by atoms with E-state index in [0.29, 0.717) is 0 Å². The van der Waals surface area contributed by atoms with Crippen molar-refractivity contribution in [3.05, 3.63) is 178 Å². The van der Waals surface area contributed by atoms with E-state index >= 15 is 0 Å². The number of halogens is 2. The molecule has 0 saturated heterocycles. The van der Waals surface area contributed by atoms with Gasteiger partial charge in [0.1, 0.15) is 0 Å². The average Bonchev–Trinajstić information content (AvgIpc) is 3.74. The quantitative estimate of drug-likeness (QED) is 0.127. The fraction of sp³-hybridized carbons (Fsp3) is 0.200. The molecule has 4 heteroatoms. The minimum absolute atomic E-state index is 0.0216. The van der Waals surface area contributed by atoms with Crippen molar-refractivity contribution in [1.29, 1.82) is 0 Å². The molecule has 0 aromatic heterocycles. The molecule has 2 unspecified atom stereocenters. The van der Waals surface area contributed by atoms with Crippen molar-refractivity contribution in [3.8, 4) is 44.5 Å². The van der Waals surface area contributed by atoms with Gasteiger partial charge in [0.25, 0.3) is 0 Å². The Morgan fingerprint density at radius 2 is 0.852 bits per heavy atom. The number of hydrogen-bond donors (Lipinski definition) is 0. The van der Waals surface area contributed by atoms with E-state index in [1.54, 1.807) is 0 Å². The van der Waals surface area contributed by atoms with Crippen molar-refractivity contribution in [2.45, 2.75) is 60.9 Å². The Morgan fingerprint density at radius 1 is 0.481 bits per heavy atom. The molecule has 0 saturated carbocycles. The Hall–Kier alpha value is -3.52. The van der Waals surface area contributed by atoms with E-state index in [4.69, 9.17) is 17.0 Å². The molecule has 2 aliphatic rings. The molecule has 0 N–H and O–H groups in total. The maximum absolute atomic E-state index is 8.77. The summed E-state index contributed by atoms with van der Waals surface area (Å²) in [6.07, 6.45) is 6.84. The number of allylic oxidation sites excluding steroid dienone is 2. The van der Waals surface area contributed by atoms with Gasteiger partial charge in [0.15, 0.2) is 0 Å². The number of hydrogen-bond acceptors (Lipinski definition) is 0. The van der Waals surface area contributed by atoms with Crippen LogP contribution in [0.1, 0.15) is 68.3 Å². The molecule has 0 amide bonds. The summed E-state index contributed by atoms with van der Waals surface area (Å²) in [5.74, 6) is -1.71. The molecule has 0 nitrogen and oxygen atoms in total. The maximum atomic E-state index is 8.77. The molecule has 6 aromatic rings. The van der Waals surface area contributed by atoms with E-state index in [-0.39, 0.29) is 7.25 Å². The van der Waals surface area contributed by atoms with Gasteiger partial charge in [-0.25, -0.2) is 0 Å². The first-order valence-electron chi connectivity index (χ1n) is 19.6. The monoisotopic (exact) mass is 837 g/mol. The van der Waals surface area contributed by atoms with Gasteiger partial charge in [0, 0.05) is 0 Å². The average molecular weight is 840 g/mol. The van der Waals surface area contributed by atoms with Crippen molar-refractivity contribution in [3.63, 3.8) is 0 Å². The summed E-state index contributed by atoms with van der Waals surface area (Å²) in [6.45, 7) is 14.0. The number of fused-ring (bicyclic) bond motifs is 2. The third kappa shape index (κ3) is 5.87. The molecule has 0 heterocycles. The van der Waals surface area contributed by atoms with Gasteiger partial charge in [-0.1, -0.05) is 0 Å². The second kappa shape index (κ2) is 14.5. The Balaban J connectivity index is 1.38. The molecular formula is C50H49Cl2SiZr. The topological polar surface area (TPSA) is 0 Å². The first-order chi connectivity index (χ1) is 26.1. The Kier molecular flexibility index (Phi) is 10.1. The molecular weight excluding hydrogens is 791 g/mol. The normalized spacial score (nSPS) is 17.1. The van der Waals surface area contributed by atoms with Gasteiger partial charge >= 0.3 is 334 Å². The SMILES string of the molecule is CCc1ccccc1-c1c(-c2ccccc2)ccc2c1C=C(C)[CH]2[Zr]([Cl])([Cl])([CH]1C(C)=Cc2c1ccc(-c1ccccc1)c2-c1ccccc1CC)[SiH](C)C. The van der Waals surface area contributed by atoms with Crippen LogP contribution in [0, 0.1) is 0 Å². The van der Waals surface area contributed by atoms with Gasteiger partial charge < -0.3 is 0 Å². The standard InChI is InChI=1S/2C24H21.C2H7Si.2ClH.Zr/c2*1-3-18-9-7-8-12-21(18)24-22(19-10-5-4-6-11-19)14-13-20-15-17(2)16-23(20)24;1-3-2;;;/h2*4-16H,3H2,1-2H3;3H,1-2H3;2*1H;/q;;;;;+2/p-2. The van der Waals surface area contributed by atoms with Crippen LogP contribution in [0.3, 0.4) is 0 Å². The number of benzene rings is 6. The zero-order valence-electron chi connectivity index (χ0n) is 32.3. The molecule has 2 atom stereocenters. The summed E-state index contributed by atoms with van der Waals surface area (Å²) in [5, 5.41) is 0. The summed E-state index contributed by atoms with van der Waals surface area (Å²) in [4.78, 5) is 0. The predicted molar refractivity (Wildman–Crippen MR) is 237 cm³/mol. The first kappa shape index (κ1) is 37.4. The van der Waals surface area contributed by atoms with E-state index in [0.717, 1.165) is 12.8 Å². The van der Waals surface area contributed by atoms with Crippen molar-refractivity contribution >= 4 is 35.1 Å². The van der Waals surface area contributed by atoms with Gasteiger partial charge in [0.2, 0.25) is 0 Å².